The van der Waals surface area contributed by atoms with E-state index in [1.54, 1.807) is 19.2 Å². The fraction of sp³-hybridized carbons (Fsp3) is 0.300. The normalized spacial score (nSPS) is 10.2. The second-order valence-electron chi connectivity index (χ2n) is 5.76. The number of nitrogens with one attached hydrogen (secondary N) is 2. The van der Waals surface area contributed by atoms with E-state index in [0.29, 0.717) is 25.1 Å². The van der Waals surface area contributed by atoms with Crippen LogP contribution in [0.3, 0.4) is 0 Å². The van der Waals surface area contributed by atoms with E-state index in [0.717, 1.165) is 23.4 Å². The summed E-state index contributed by atoms with van der Waals surface area (Å²) in [6.45, 7) is 2.68. The van der Waals surface area contributed by atoms with Crippen molar-refractivity contribution >= 4 is 17.4 Å². The Hall–Kier alpha value is -2.82. The van der Waals surface area contributed by atoms with Crippen molar-refractivity contribution < 1.29 is 14.3 Å². The van der Waals surface area contributed by atoms with Gasteiger partial charge in [-0.15, -0.1) is 0 Å². The Kier molecular flexibility index (Phi) is 7.01. The average Bonchev–Trinajstić information content (AvgIpc) is 2.62. The highest BCUT2D eigenvalue weighted by atomic mass is 16.5. The fourth-order valence-electron chi connectivity index (χ4n) is 2.41. The van der Waals surface area contributed by atoms with Crippen LogP contribution in [-0.4, -0.2) is 31.9 Å². The molecule has 132 valence electrons. The molecule has 1 amide bonds. The summed E-state index contributed by atoms with van der Waals surface area (Å²) < 4.78 is 5.18. The lowest BCUT2D eigenvalue weighted by Crippen LogP contribution is -2.27. The molecule has 0 heterocycles. The molecule has 0 spiro atoms. The van der Waals surface area contributed by atoms with Gasteiger partial charge >= 0.3 is 0 Å². The Morgan fingerprint density at radius 2 is 1.80 bits per heavy atom. The predicted octanol–water partition coefficient (Wildman–Crippen LogP) is 3.06. The Bertz CT molecular complexity index is 711. The predicted molar refractivity (Wildman–Crippen MR) is 99.3 cm³/mol. The van der Waals surface area contributed by atoms with E-state index in [4.69, 9.17) is 4.74 Å². The molecule has 2 aromatic rings. The van der Waals surface area contributed by atoms with E-state index in [2.05, 4.69) is 10.6 Å². The van der Waals surface area contributed by atoms with Crippen molar-refractivity contribution in [3.63, 3.8) is 0 Å². The Morgan fingerprint density at radius 1 is 1.04 bits per heavy atom. The number of amides is 1. The van der Waals surface area contributed by atoms with Crippen LogP contribution in [0.5, 0.6) is 5.75 Å². The van der Waals surface area contributed by atoms with E-state index < -0.39 is 0 Å². The van der Waals surface area contributed by atoms with Gasteiger partial charge in [-0.3, -0.25) is 9.59 Å². The maximum Gasteiger partial charge on any atom is 0.221 e. The lowest BCUT2D eigenvalue weighted by molar-refractivity contribution is -0.120. The van der Waals surface area contributed by atoms with Gasteiger partial charge in [0.05, 0.1) is 7.11 Å². The first-order valence-corrected chi connectivity index (χ1v) is 8.33. The zero-order chi connectivity index (χ0) is 18.1. The molecule has 0 radical (unpaired) electrons. The second-order valence-corrected chi connectivity index (χ2v) is 5.76. The third-order valence-electron chi connectivity index (χ3n) is 3.84. The van der Waals surface area contributed by atoms with Gasteiger partial charge in [-0.1, -0.05) is 12.1 Å². The first-order valence-electron chi connectivity index (χ1n) is 8.33. The average molecular weight is 340 g/mol. The van der Waals surface area contributed by atoms with Gasteiger partial charge in [0, 0.05) is 30.8 Å². The molecule has 0 atom stereocenters. The summed E-state index contributed by atoms with van der Waals surface area (Å²) in [5, 5.41) is 6.09. The largest absolute Gasteiger partial charge is 0.497 e. The number of hydrogen-bond acceptors (Lipinski definition) is 4. The number of hydrogen-bond donors (Lipinski definition) is 2. The summed E-state index contributed by atoms with van der Waals surface area (Å²) in [5.74, 6) is 0.876. The van der Waals surface area contributed by atoms with Gasteiger partial charge in [0.25, 0.3) is 0 Å². The van der Waals surface area contributed by atoms with Gasteiger partial charge in [-0.2, -0.15) is 0 Å². The summed E-state index contributed by atoms with van der Waals surface area (Å²) in [5.41, 5.74) is 2.71. The molecule has 2 N–H and O–H groups in total. The van der Waals surface area contributed by atoms with Crippen molar-refractivity contribution in [3.05, 3.63) is 59.7 Å². The SMILES string of the molecule is COc1cccc(CCNC(=O)CCNc2ccc(C(C)=O)cc2)c1. The second kappa shape index (κ2) is 9.47. The lowest BCUT2D eigenvalue weighted by Gasteiger charge is -2.08. The topological polar surface area (TPSA) is 67.4 Å². The highest BCUT2D eigenvalue weighted by Gasteiger charge is 2.03. The van der Waals surface area contributed by atoms with Crippen LogP contribution in [0.4, 0.5) is 5.69 Å². The summed E-state index contributed by atoms with van der Waals surface area (Å²) in [4.78, 5) is 23.1. The van der Waals surface area contributed by atoms with Crippen LogP contribution in [0, 0.1) is 0 Å². The van der Waals surface area contributed by atoms with Crippen molar-refractivity contribution in [1.82, 2.24) is 5.32 Å². The van der Waals surface area contributed by atoms with Crippen molar-refractivity contribution in [2.45, 2.75) is 19.8 Å². The number of ketones is 1. The molecule has 0 aliphatic rings. The number of rotatable bonds is 9. The zero-order valence-electron chi connectivity index (χ0n) is 14.7. The summed E-state index contributed by atoms with van der Waals surface area (Å²) >= 11 is 0. The first-order chi connectivity index (χ1) is 12.1. The highest BCUT2D eigenvalue weighted by molar-refractivity contribution is 5.94. The number of anilines is 1. The minimum atomic E-state index is 0.00996. The molecule has 0 unspecified atom stereocenters. The van der Waals surface area contributed by atoms with Crippen molar-refractivity contribution in [2.24, 2.45) is 0 Å². The number of Topliss-reactive ketones (excluding diaryl/α,β-unsaturated/α-hetero) is 1. The van der Waals surface area contributed by atoms with Crippen molar-refractivity contribution in [2.75, 3.05) is 25.5 Å². The molecule has 0 fully saturated rings. The van der Waals surface area contributed by atoms with Crippen LogP contribution >= 0.6 is 0 Å². The molecule has 2 aromatic carbocycles. The van der Waals surface area contributed by atoms with Crippen LogP contribution < -0.4 is 15.4 Å². The van der Waals surface area contributed by atoms with Crippen LogP contribution in [0.25, 0.3) is 0 Å². The highest BCUT2D eigenvalue weighted by Crippen LogP contribution is 2.12. The summed E-state index contributed by atoms with van der Waals surface area (Å²) in [6, 6.07) is 15.1. The molecule has 0 saturated heterocycles. The molecule has 25 heavy (non-hydrogen) atoms. The maximum atomic E-state index is 11.9. The smallest absolute Gasteiger partial charge is 0.221 e. The molecule has 0 saturated carbocycles. The third kappa shape index (κ3) is 6.30. The van der Waals surface area contributed by atoms with Crippen molar-refractivity contribution in [3.8, 4) is 5.75 Å². The van der Waals surface area contributed by atoms with Crippen LogP contribution in [0.2, 0.25) is 0 Å². The molecular formula is C20H24N2O3. The number of ether oxygens (including phenoxy) is 1. The van der Waals surface area contributed by atoms with E-state index in [1.807, 2.05) is 36.4 Å². The van der Waals surface area contributed by atoms with Gasteiger partial charge in [0.2, 0.25) is 5.91 Å². The molecule has 0 aliphatic heterocycles. The minimum absolute atomic E-state index is 0.00996. The van der Waals surface area contributed by atoms with Gasteiger partial charge in [0.15, 0.2) is 5.78 Å². The Labute approximate surface area is 148 Å². The van der Waals surface area contributed by atoms with E-state index >= 15 is 0 Å². The van der Waals surface area contributed by atoms with Gasteiger partial charge in [-0.05, 0) is 55.3 Å². The fourth-order valence-corrected chi connectivity index (χ4v) is 2.41. The quantitative estimate of drug-likeness (QED) is 0.689. The number of methoxy groups -OCH3 is 1. The monoisotopic (exact) mass is 340 g/mol. The van der Waals surface area contributed by atoms with Gasteiger partial charge in [0.1, 0.15) is 5.75 Å². The Morgan fingerprint density at radius 3 is 2.48 bits per heavy atom. The van der Waals surface area contributed by atoms with Crippen molar-refractivity contribution in [1.29, 1.82) is 0 Å². The molecule has 5 nitrogen and oxygen atoms in total. The minimum Gasteiger partial charge on any atom is -0.497 e. The van der Waals surface area contributed by atoms with E-state index in [9.17, 15) is 9.59 Å². The zero-order valence-corrected chi connectivity index (χ0v) is 14.7. The summed E-state index contributed by atoms with van der Waals surface area (Å²) in [6.07, 6.45) is 1.16. The van der Waals surface area contributed by atoms with Crippen LogP contribution in [0.15, 0.2) is 48.5 Å². The third-order valence-corrected chi connectivity index (χ3v) is 3.84. The standard InChI is InChI=1S/C20H24N2O3/c1-15(23)17-6-8-18(9-7-17)21-13-11-20(24)22-12-10-16-4-3-5-19(14-16)25-2/h3-9,14,21H,10-13H2,1-2H3,(H,22,24). The number of carbonyl (C=O) groups is 2. The van der Waals surface area contributed by atoms with Gasteiger partial charge < -0.3 is 15.4 Å². The number of benzene rings is 2. The molecule has 5 heteroatoms. The van der Waals surface area contributed by atoms with E-state index in [-0.39, 0.29) is 11.7 Å². The lowest BCUT2D eigenvalue weighted by atomic mass is 10.1. The molecule has 0 aliphatic carbocycles. The first kappa shape index (κ1) is 18.5. The van der Waals surface area contributed by atoms with Gasteiger partial charge in [-0.25, -0.2) is 0 Å². The Balaban J connectivity index is 1.66. The summed E-state index contributed by atoms with van der Waals surface area (Å²) in [7, 11) is 1.64. The molecular weight excluding hydrogens is 316 g/mol. The molecule has 0 bridgehead atoms. The maximum absolute atomic E-state index is 11.9. The van der Waals surface area contributed by atoms with Crippen LogP contribution in [0.1, 0.15) is 29.3 Å². The number of carbonyl (C=O) groups excluding carboxylic acids is 2. The van der Waals surface area contributed by atoms with E-state index in [1.165, 1.54) is 6.92 Å². The molecule has 0 aromatic heterocycles. The molecule has 2 rings (SSSR count). The van der Waals surface area contributed by atoms with Crippen LogP contribution in [-0.2, 0) is 11.2 Å².